The minimum atomic E-state index is -3.77. The van der Waals surface area contributed by atoms with E-state index in [0.29, 0.717) is 17.1 Å². The summed E-state index contributed by atoms with van der Waals surface area (Å²) in [7, 11) is -5.76. The summed E-state index contributed by atoms with van der Waals surface area (Å²) >= 11 is 0. The Labute approximate surface area is 179 Å². The van der Waals surface area contributed by atoms with E-state index in [-0.39, 0.29) is 31.2 Å². The molecule has 30 heavy (non-hydrogen) atoms. The first-order valence-corrected chi connectivity index (χ1v) is 12.8. The summed E-state index contributed by atoms with van der Waals surface area (Å²) in [5.41, 5.74) is 3.36. The molecule has 1 aliphatic rings. The second-order valence-corrected chi connectivity index (χ2v) is 11.7. The van der Waals surface area contributed by atoms with Gasteiger partial charge in [0.25, 0.3) is 10.0 Å². The lowest BCUT2D eigenvalue weighted by molar-refractivity contribution is 0.403. The molecule has 1 aromatic heterocycles. The molecule has 0 unspecified atom stereocenters. The van der Waals surface area contributed by atoms with Crippen molar-refractivity contribution in [3.8, 4) is 0 Å². The summed E-state index contributed by atoms with van der Waals surface area (Å²) < 4.78 is 57.4. The Kier molecular flexibility index (Phi) is 6.16. The van der Waals surface area contributed by atoms with Gasteiger partial charge in [0.1, 0.15) is 5.82 Å². The lowest BCUT2D eigenvalue weighted by atomic mass is 10.0. The molecule has 10 heteroatoms. The molecule has 3 rings (SSSR count). The summed E-state index contributed by atoms with van der Waals surface area (Å²) in [6.45, 7) is 9.96. The molecule has 0 amide bonds. The largest absolute Gasteiger partial charge is 0.337 e. The quantitative estimate of drug-likeness (QED) is 0.705. The zero-order chi connectivity index (χ0) is 22.4. The number of hydrogen-bond donors (Lipinski definition) is 0. The fourth-order valence-electron chi connectivity index (χ4n) is 3.83. The first-order chi connectivity index (χ1) is 13.9. The molecule has 0 atom stereocenters. The van der Waals surface area contributed by atoms with Crippen LogP contribution in [0.15, 0.2) is 22.2 Å². The molecule has 2 aromatic rings. The number of sulfonamides is 2. The number of rotatable bonds is 4. The average molecular weight is 455 g/mol. The van der Waals surface area contributed by atoms with Gasteiger partial charge in [0.05, 0.1) is 4.90 Å². The highest BCUT2D eigenvalue weighted by atomic mass is 32.2. The first-order valence-electron chi connectivity index (χ1n) is 9.95. The number of nitrogens with zero attached hydrogens (tertiary/aromatic N) is 4. The molecular weight excluding hydrogens is 424 g/mol. The lowest BCUT2D eigenvalue weighted by Gasteiger charge is -2.24. The lowest BCUT2D eigenvalue weighted by Crippen LogP contribution is -2.38. The highest BCUT2D eigenvalue weighted by Gasteiger charge is 2.34. The Hall–Kier alpha value is -1.75. The van der Waals surface area contributed by atoms with E-state index in [1.165, 1.54) is 14.8 Å². The number of aryl methyl sites for hydroxylation is 4. The smallest absolute Gasteiger partial charge is 0.262 e. The van der Waals surface area contributed by atoms with Crippen LogP contribution in [0, 0.1) is 34.6 Å². The first kappa shape index (κ1) is 22.9. The summed E-state index contributed by atoms with van der Waals surface area (Å²) in [5.74, 6) is 0.605. The highest BCUT2D eigenvalue weighted by Crippen LogP contribution is 2.29. The molecule has 0 spiro atoms. The Morgan fingerprint density at radius 3 is 1.77 bits per heavy atom. The van der Waals surface area contributed by atoms with Crippen molar-refractivity contribution in [1.82, 2.24) is 18.2 Å². The van der Waals surface area contributed by atoms with Gasteiger partial charge in [0, 0.05) is 39.4 Å². The molecule has 0 aliphatic carbocycles. The van der Waals surface area contributed by atoms with E-state index in [1.807, 2.05) is 33.8 Å². The van der Waals surface area contributed by atoms with Crippen LogP contribution >= 0.6 is 0 Å². The zero-order valence-electron chi connectivity index (χ0n) is 18.4. The maximum absolute atomic E-state index is 13.5. The van der Waals surface area contributed by atoms with Crippen LogP contribution in [0.4, 0.5) is 0 Å². The van der Waals surface area contributed by atoms with Gasteiger partial charge in [-0.15, -0.1) is 0 Å². The molecule has 166 valence electrons. The van der Waals surface area contributed by atoms with Crippen molar-refractivity contribution in [2.24, 2.45) is 7.05 Å². The third-order valence-corrected chi connectivity index (χ3v) is 9.94. The van der Waals surface area contributed by atoms with Gasteiger partial charge in [-0.1, -0.05) is 6.07 Å². The predicted octanol–water partition coefficient (Wildman–Crippen LogP) is 2.05. The van der Waals surface area contributed by atoms with E-state index in [4.69, 9.17) is 0 Å². The van der Waals surface area contributed by atoms with Crippen molar-refractivity contribution in [2.75, 3.05) is 26.2 Å². The van der Waals surface area contributed by atoms with Crippen LogP contribution in [-0.4, -0.2) is 61.2 Å². The van der Waals surface area contributed by atoms with Gasteiger partial charge in [0.15, 0.2) is 5.03 Å². The van der Waals surface area contributed by atoms with E-state index in [9.17, 15) is 16.8 Å². The van der Waals surface area contributed by atoms with E-state index >= 15 is 0 Å². The van der Waals surface area contributed by atoms with Crippen molar-refractivity contribution in [3.05, 3.63) is 40.3 Å². The van der Waals surface area contributed by atoms with Crippen LogP contribution in [0.1, 0.15) is 34.5 Å². The van der Waals surface area contributed by atoms with Crippen molar-refractivity contribution >= 4 is 20.0 Å². The number of aromatic nitrogens is 2. The number of imidazole rings is 1. The van der Waals surface area contributed by atoms with Crippen molar-refractivity contribution < 1.29 is 16.8 Å². The number of benzene rings is 1. The standard InChI is InChI=1S/C20H30N4O4S2/c1-14-12-15(2)17(4)20(16(14)3)30(27,28)24-9-7-8-23(10-11-24)29(25,26)19-13-22(6)18(5)21-19/h12-13H,7-11H2,1-6H3. The van der Waals surface area contributed by atoms with Gasteiger partial charge in [-0.3, -0.25) is 0 Å². The summed E-state index contributed by atoms with van der Waals surface area (Å²) in [5, 5.41) is -0.000181. The topological polar surface area (TPSA) is 92.6 Å². The summed E-state index contributed by atoms with van der Waals surface area (Å²) in [6, 6.07) is 2.00. The minimum Gasteiger partial charge on any atom is -0.337 e. The van der Waals surface area contributed by atoms with E-state index in [1.54, 1.807) is 18.5 Å². The van der Waals surface area contributed by atoms with Gasteiger partial charge in [0.2, 0.25) is 10.0 Å². The van der Waals surface area contributed by atoms with E-state index < -0.39 is 20.0 Å². The minimum absolute atomic E-state index is 0.000181. The van der Waals surface area contributed by atoms with Gasteiger partial charge < -0.3 is 4.57 Å². The van der Waals surface area contributed by atoms with Crippen LogP contribution in [-0.2, 0) is 27.1 Å². The van der Waals surface area contributed by atoms with Crippen molar-refractivity contribution in [3.63, 3.8) is 0 Å². The second-order valence-electron chi connectivity index (χ2n) is 7.99. The Morgan fingerprint density at radius 2 is 1.30 bits per heavy atom. The Balaban J connectivity index is 1.90. The zero-order valence-corrected chi connectivity index (χ0v) is 20.1. The molecular formula is C20H30N4O4S2. The molecule has 0 radical (unpaired) electrons. The van der Waals surface area contributed by atoms with Gasteiger partial charge in [-0.05, 0) is 63.3 Å². The van der Waals surface area contributed by atoms with Crippen LogP contribution in [0.2, 0.25) is 0 Å². The maximum atomic E-state index is 13.5. The van der Waals surface area contributed by atoms with E-state index in [0.717, 1.165) is 22.3 Å². The third-order valence-electron chi connectivity index (χ3n) is 6.00. The fourth-order valence-corrected chi connectivity index (χ4v) is 7.37. The Morgan fingerprint density at radius 1 is 0.800 bits per heavy atom. The fraction of sp³-hybridized carbons (Fsp3) is 0.550. The molecule has 1 saturated heterocycles. The highest BCUT2D eigenvalue weighted by molar-refractivity contribution is 7.89. The molecule has 1 aromatic carbocycles. The van der Waals surface area contributed by atoms with Crippen molar-refractivity contribution in [1.29, 1.82) is 0 Å². The van der Waals surface area contributed by atoms with Crippen LogP contribution < -0.4 is 0 Å². The van der Waals surface area contributed by atoms with Crippen LogP contribution in [0.3, 0.4) is 0 Å². The summed E-state index contributed by atoms with van der Waals surface area (Å²) in [6.07, 6.45) is 1.92. The third kappa shape index (κ3) is 3.93. The van der Waals surface area contributed by atoms with E-state index in [2.05, 4.69) is 4.98 Å². The molecule has 1 fully saturated rings. The van der Waals surface area contributed by atoms with Gasteiger partial charge >= 0.3 is 0 Å². The molecule has 0 N–H and O–H groups in total. The molecule has 0 bridgehead atoms. The number of hydrogen-bond acceptors (Lipinski definition) is 5. The molecule has 0 saturated carbocycles. The second kappa shape index (κ2) is 8.07. The monoisotopic (exact) mass is 454 g/mol. The Bertz CT molecular complexity index is 1140. The predicted molar refractivity (Wildman–Crippen MR) is 115 cm³/mol. The van der Waals surface area contributed by atoms with Gasteiger partial charge in [-0.2, -0.15) is 8.61 Å². The molecule has 2 heterocycles. The maximum Gasteiger partial charge on any atom is 0.262 e. The SMILES string of the molecule is Cc1cc(C)c(C)c(S(=O)(=O)N2CCCN(S(=O)(=O)c3cn(C)c(C)n3)CC2)c1C. The molecule has 1 aliphatic heterocycles. The van der Waals surface area contributed by atoms with Gasteiger partial charge in [-0.25, -0.2) is 21.8 Å². The normalized spacial score (nSPS) is 17.3. The molecule has 8 nitrogen and oxygen atoms in total. The van der Waals surface area contributed by atoms with Crippen LogP contribution in [0.25, 0.3) is 0 Å². The average Bonchev–Trinajstić information content (AvgIpc) is 2.86. The van der Waals surface area contributed by atoms with Crippen LogP contribution in [0.5, 0.6) is 0 Å². The van der Waals surface area contributed by atoms with Crippen molar-refractivity contribution in [2.45, 2.75) is 51.0 Å². The summed E-state index contributed by atoms with van der Waals surface area (Å²) in [4.78, 5) is 4.49.